The number of rotatable bonds is 2. The molecule has 0 radical (unpaired) electrons. The van der Waals surface area contributed by atoms with Crippen molar-refractivity contribution >= 4 is 23.8 Å². The number of amides is 1. The van der Waals surface area contributed by atoms with E-state index in [4.69, 9.17) is 30.5 Å². The predicted molar refractivity (Wildman–Crippen MR) is 139 cm³/mol. The summed E-state index contributed by atoms with van der Waals surface area (Å²) in [5, 5.41) is -0.130. The fraction of sp³-hybridized carbons (Fsp3) is 0.519. The van der Waals surface area contributed by atoms with Crippen molar-refractivity contribution in [3.05, 3.63) is 40.6 Å². The van der Waals surface area contributed by atoms with Gasteiger partial charge in [-0.2, -0.15) is 4.39 Å². The Labute approximate surface area is 230 Å². The third-order valence-corrected chi connectivity index (χ3v) is 6.32. The van der Waals surface area contributed by atoms with Crippen molar-refractivity contribution in [2.75, 3.05) is 26.2 Å². The number of carbonyl (C=O) groups excluding carboxylic acids is 2. The van der Waals surface area contributed by atoms with Gasteiger partial charge in [-0.15, -0.1) is 0 Å². The number of carbonyl (C=O) groups is 2. The largest absolute Gasteiger partial charge is 0.514 e. The van der Waals surface area contributed by atoms with Crippen LogP contribution in [-0.2, 0) is 16.0 Å². The Morgan fingerprint density at radius 1 is 1.08 bits per heavy atom. The predicted octanol–water partition coefficient (Wildman–Crippen LogP) is 5.81. The van der Waals surface area contributed by atoms with Gasteiger partial charge in [-0.3, -0.25) is 4.90 Å². The molecule has 0 aliphatic carbocycles. The zero-order valence-corrected chi connectivity index (χ0v) is 23.5. The second kappa shape index (κ2) is 10.8. The number of ether oxygens (including phenoxy) is 4. The molecule has 0 saturated carbocycles. The van der Waals surface area contributed by atoms with Gasteiger partial charge in [-0.25, -0.2) is 19.0 Å². The summed E-state index contributed by atoms with van der Waals surface area (Å²) >= 11 is 6.65. The number of nitrogens with zero attached hydrogens (tertiary/aromatic N) is 3. The maximum atomic E-state index is 15.5. The van der Waals surface area contributed by atoms with Gasteiger partial charge in [0.2, 0.25) is 5.95 Å². The average molecular weight is 568 g/mol. The van der Waals surface area contributed by atoms with Crippen molar-refractivity contribution < 1.29 is 37.3 Å². The second-order valence-corrected chi connectivity index (χ2v) is 11.8. The molecule has 2 aliphatic heterocycles. The minimum atomic E-state index is -1.07. The van der Waals surface area contributed by atoms with E-state index in [9.17, 15) is 9.59 Å². The number of halogens is 3. The molecular formula is C27H32ClF2N3O6. The van der Waals surface area contributed by atoms with E-state index < -0.39 is 35.2 Å². The molecule has 3 heterocycles. The number of benzene rings is 1. The minimum Gasteiger partial charge on any atom is -0.490 e. The van der Waals surface area contributed by atoms with Gasteiger partial charge in [0.05, 0.1) is 17.2 Å². The van der Waals surface area contributed by atoms with E-state index in [0.717, 1.165) is 6.07 Å². The molecule has 0 unspecified atom stereocenters. The molecule has 39 heavy (non-hydrogen) atoms. The molecule has 1 amide bonds. The van der Waals surface area contributed by atoms with Gasteiger partial charge >= 0.3 is 12.2 Å². The van der Waals surface area contributed by atoms with E-state index in [1.165, 1.54) is 12.1 Å². The van der Waals surface area contributed by atoms with Crippen LogP contribution in [0.25, 0.3) is 11.3 Å². The number of aromatic nitrogens is 1. The maximum Gasteiger partial charge on any atom is 0.514 e. The topological polar surface area (TPSA) is 90.4 Å². The van der Waals surface area contributed by atoms with Crippen LogP contribution in [-0.4, -0.2) is 70.5 Å². The van der Waals surface area contributed by atoms with Gasteiger partial charge in [0.15, 0.2) is 0 Å². The quantitative estimate of drug-likeness (QED) is 0.255. The first-order chi connectivity index (χ1) is 18.1. The van der Waals surface area contributed by atoms with Crippen molar-refractivity contribution in [2.45, 2.75) is 65.3 Å². The summed E-state index contributed by atoms with van der Waals surface area (Å²) < 4.78 is 52.4. The Morgan fingerprint density at radius 2 is 1.77 bits per heavy atom. The molecule has 0 N–H and O–H groups in total. The fourth-order valence-corrected chi connectivity index (χ4v) is 4.62. The Kier molecular flexibility index (Phi) is 7.96. The molecule has 2 aliphatic rings. The monoisotopic (exact) mass is 567 g/mol. The molecule has 0 bridgehead atoms. The molecule has 1 atom stereocenters. The first-order valence-electron chi connectivity index (χ1n) is 12.6. The van der Waals surface area contributed by atoms with E-state index >= 15 is 8.78 Å². The van der Waals surface area contributed by atoms with Crippen LogP contribution in [0.4, 0.5) is 18.4 Å². The molecule has 1 aromatic heterocycles. The lowest BCUT2D eigenvalue weighted by atomic mass is 10.1. The average Bonchev–Trinajstić information content (AvgIpc) is 2.99. The summed E-state index contributed by atoms with van der Waals surface area (Å²) in [6.07, 6.45) is -1.50. The smallest absolute Gasteiger partial charge is 0.490 e. The highest BCUT2D eigenvalue weighted by atomic mass is 35.5. The molecular weight excluding hydrogens is 536 g/mol. The summed E-state index contributed by atoms with van der Waals surface area (Å²) in [6.45, 7) is 11.7. The van der Waals surface area contributed by atoms with Crippen LogP contribution in [0.3, 0.4) is 0 Å². The van der Waals surface area contributed by atoms with Crippen molar-refractivity contribution in [2.24, 2.45) is 0 Å². The first-order valence-corrected chi connectivity index (χ1v) is 12.9. The third kappa shape index (κ3) is 6.70. The van der Waals surface area contributed by atoms with Crippen LogP contribution in [0.15, 0.2) is 18.2 Å². The second-order valence-electron chi connectivity index (χ2n) is 11.4. The van der Waals surface area contributed by atoms with Crippen LogP contribution in [0, 0.1) is 11.8 Å². The standard InChI is InChI=1S/C27H32ClF2N3O6/c1-26(2,3)38-24(34)33-11-10-32-13-16-22(36-14-15(32)12-33)20(28)21(31-23(16)30)19-17(29)8-7-9-18(19)37-25(35)39-27(4,5)6/h7-9,15H,10-14H2,1-6H3/t15-/m1/s1. The molecule has 1 saturated heterocycles. The van der Waals surface area contributed by atoms with E-state index in [1.807, 2.05) is 4.90 Å². The molecule has 12 heteroatoms. The van der Waals surface area contributed by atoms with E-state index in [1.54, 1.807) is 46.4 Å². The number of piperazine rings is 1. The van der Waals surface area contributed by atoms with E-state index in [0.29, 0.717) is 19.6 Å². The lowest BCUT2D eigenvalue weighted by molar-refractivity contribution is -0.00170. The summed E-state index contributed by atoms with van der Waals surface area (Å²) in [6, 6.07) is 3.51. The highest BCUT2D eigenvalue weighted by molar-refractivity contribution is 6.34. The molecule has 9 nitrogen and oxygen atoms in total. The van der Waals surface area contributed by atoms with E-state index in [-0.39, 0.29) is 52.5 Å². The van der Waals surface area contributed by atoms with Crippen LogP contribution in [0.2, 0.25) is 5.02 Å². The molecule has 1 fully saturated rings. The Hall–Kier alpha value is -3.18. The fourth-order valence-electron chi connectivity index (χ4n) is 4.32. The van der Waals surface area contributed by atoms with Crippen molar-refractivity contribution in [3.8, 4) is 22.8 Å². The third-order valence-electron chi connectivity index (χ3n) is 5.97. The van der Waals surface area contributed by atoms with Crippen molar-refractivity contribution in [1.29, 1.82) is 0 Å². The minimum absolute atomic E-state index is 0.0175. The molecule has 1 aromatic carbocycles. The molecule has 0 spiro atoms. The van der Waals surface area contributed by atoms with Crippen LogP contribution < -0.4 is 9.47 Å². The highest BCUT2D eigenvalue weighted by Crippen LogP contribution is 2.43. The first kappa shape index (κ1) is 28.8. The number of fused-ring (bicyclic) bond motifs is 2. The van der Waals surface area contributed by atoms with Crippen molar-refractivity contribution in [1.82, 2.24) is 14.8 Å². The molecule has 4 rings (SSSR count). The molecule has 212 valence electrons. The van der Waals surface area contributed by atoms with Gasteiger partial charge in [-0.1, -0.05) is 17.7 Å². The molecule has 2 aromatic rings. The SMILES string of the molecule is CC(C)(C)OC(=O)Oc1cccc(F)c1-c1nc(F)c2c(c1Cl)OC[C@H]1CN(C(=O)OC(C)(C)C)CCN1C2. The van der Waals surface area contributed by atoms with Gasteiger partial charge in [0.25, 0.3) is 0 Å². The number of hydrogen-bond acceptors (Lipinski definition) is 8. The maximum absolute atomic E-state index is 15.5. The zero-order chi connectivity index (χ0) is 28.7. The summed E-state index contributed by atoms with van der Waals surface area (Å²) in [7, 11) is 0. The lowest BCUT2D eigenvalue weighted by Crippen LogP contribution is -2.56. The van der Waals surface area contributed by atoms with Crippen LogP contribution in [0.5, 0.6) is 11.5 Å². The summed E-state index contributed by atoms with van der Waals surface area (Å²) in [5.74, 6) is -1.95. The number of pyridine rings is 1. The Morgan fingerprint density at radius 3 is 2.44 bits per heavy atom. The Bertz CT molecular complexity index is 1280. The van der Waals surface area contributed by atoms with Crippen molar-refractivity contribution in [3.63, 3.8) is 0 Å². The van der Waals surface area contributed by atoms with Crippen LogP contribution in [0.1, 0.15) is 47.1 Å². The highest BCUT2D eigenvalue weighted by Gasteiger charge is 2.37. The summed E-state index contributed by atoms with van der Waals surface area (Å²) in [5.41, 5.74) is -1.96. The summed E-state index contributed by atoms with van der Waals surface area (Å²) in [4.78, 5) is 32.4. The van der Waals surface area contributed by atoms with Gasteiger partial charge < -0.3 is 23.8 Å². The number of hydrogen-bond donors (Lipinski definition) is 0. The zero-order valence-electron chi connectivity index (χ0n) is 22.8. The van der Waals surface area contributed by atoms with Gasteiger partial charge in [-0.05, 0) is 53.7 Å². The van der Waals surface area contributed by atoms with Gasteiger partial charge in [0.1, 0.15) is 45.8 Å². The van der Waals surface area contributed by atoms with Crippen LogP contribution >= 0.6 is 11.6 Å². The van der Waals surface area contributed by atoms with Gasteiger partial charge in [0, 0.05) is 26.2 Å². The Balaban J connectivity index is 1.63. The lowest BCUT2D eigenvalue weighted by Gasteiger charge is -2.40. The van der Waals surface area contributed by atoms with E-state index in [2.05, 4.69) is 4.98 Å². The normalized spacial score (nSPS) is 17.9.